The molecule has 4 rings (SSSR count). The van der Waals surface area contributed by atoms with Crippen molar-refractivity contribution in [2.24, 2.45) is 23.7 Å². The molecule has 0 aromatic heterocycles. The van der Waals surface area contributed by atoms with Crippen molar-refractivity contribution in [1.82, 2.24) is 26.2 Å². The summed E-state index contributed by atoms with van der Waals surface area (Å²) >= 11 is 0. The van der Waals surface area contributed by atoms with Gasteiger partial charge in [0.15, 0.2) is 9.84 Å². The highest BCUT2D eigenvalue weighted by Crippen LogP contribution is 2.56. The summed E-state index contributed by atoms with van der Waals surface area (Å²) in [6, 6.07) is -2.52. The fraction of sp³-hybridized carbons (Fsp3) is 0.719. The first-order valence-corrected chi connectivity index (χ1v) is 17.7. The zero-order chi connectivity index (χ0) is 33.2. The third kappa shape index (κ3) is 8.14. The third-order valence-corrected chi connectivity index (χ3v) is 12.6. The number of likely N-dealkylation sites (tertiary alicyclic amines) is 1. The number of sulfone groups is 1. The number of rotatable bonds is 14. The molecule has 0 spiro atoms. The highest BCUT2D eigenvalue weighted by molar-refractivity contribution is 7.92. The molecule has 0 aromatic carbocycles. The molecule has 1 aliphatic heterocycles. The summed E-state index contributed by atoms with van der Waals surface area (Å²) in [6.45, 7) is 12.4. The van der Waals surface area contributed by atoms with Gasteiger partial charge in [-0.15, -0.1) is 13.2 Å². The van der Waals surface area contributed by atoms with E-state index < -0.39 is 61.7 Å². The fourth-order valence-corrected chi connectivity index (χ4v) is 8.33. The summed E-state index contributed by atoms with van der Waals surface area (Å²) < 4.78 is 25.2. The molecule has 0 bridgehead atoms. The molecule has 0 radical (unpaired) electrons. The lowest BCUT2D eigenvalue weighted by atomic mass is 9.83. The van der Waals surface area contributed by atoms with E-state index in [2.05, 4.69) is 34.4 Å². The normalized spacial score (nSPS) is 26.1. The van der Waals surface area contributed by atoms with Gasteiger partial charge in [0.05, 0.1) is 28.6 Å². The Bertz CT molecular complexity index is 1310. The molecule has 3 unspecified atom stereocenters. The molecule has 4 fully saturated rings. The fourth-order valence-electron chi connectivity index (χ4n) is 6.81. The largest absolute Gasteiger partial charge is 0.346 e. The monoisotopic (exact) mass is 647 g/mol. The summed E-state index contributed by atoms with van der Waals surface area (Å²) in [5, 5.41) is 10.7. The van der Waals surface area contributed by atoms with E-state index in [0.717, 1.165) is 32.1 Å². The number of piperidine rings is 1. The quantitative estimate of drug-likeness (QED) is 0.164. The lowest BCUT2D eigenvalue weighted by Crippen LogP contribution is -2.59. The van der Waals surface area contributed by atoms with E-state index in [1.165, 1.54) is 11.0 Å². The maximum Gasteiger partial charge on any atom is 0.315 e. The van der Waals surface area contributed by atoms with Crippen LogP contribution in [-0.2, 0) is 29.0 Å². The van der Waals surface area contributed by atoms with E-state index in [1.807, 2.05) is 0 Å². The Labute approximate surface area is 266 Å². The van der Waals surface area contributed by atoms with Crippen molar-refractivity contribution < 1.29 is 32.4 Å². The van der Waals surface area contributed by atoms with Crippen molar-refractivity contribution >= 4 is 39.4 Å². The zero-order valence-electron chi connectivity index (χ0n) is 26.7. The van der Waals surface area contributed by atoms with Crippen LogP contribution in [0.3, 0.4) is 0 Å². The number of urea groups is 1. The molecule has 5 atom stereocenters. The molecule has 3 saturated carbocycles. The summed E-state index contributed by atoms with van der Waals surface area (Å²) in [4.78, 5) is 67.0. The topological polar surface area (TPSA) is 171 Å². The van der Waals surface area contributed by atoms with Crippen LogP contribution in [0.2, 0.25) is 0 Å². The van der Waals surface area contributed by atoms with Crippen LogP contribution in [0.1, 0.15) is 72.1 Å². The number of hydrogen-bond acceptors (Lipinski definition) is 7. The molecule has 1 heterocycles. The number of carbonyl (C=O) groups is 5. The molecule has 250 valence electrons. The SMILES string of the molecule is C=CCNC(=O)C(=O)C(CC1CC1)NC(=O)[C@@H]1C2C(CN1C(=O)CNC(=O)NC1(CS(=O)(=O)C(C)(C)C)CCCCC1)[C@@H]2C=C. The van der Waals surface area contributed by atoms with E-state index in [9.17, 15) is 32.4 Å². The van der Waals surface area contributed by atoms with Gasteiger partial charge in [-0.05, 0) is 57.8 Å². The molecule has 4 aliphatic rings. The maximum atomic E-state index is 13.7. The number of fused-ring (bicyclic) bond motifs is 1. The van der Waals surface area contributed by atoms with Crippen molar-refractivity contribution in [3.63, 3.8) is 0 Å². The average molecular weight is 648 g/mol. The first-order chi connectivity index (χ1) is 21.1. The summed E-state index contributed by atoms with van der Waals surface area (Å²) in [5.74, 6) is -2.52. The van der Waals surface area contributed by atoms with E-state index in [4.69, 9.17) is 0 Å². The molecule has 12 nitrogen and oxygen atoms in total. The first-order valence-electron chi connectivity index (χ1n) is 16.1. The lowest BCUT2D eigenvalue weighted by Gasteiger charge is -2.39. The smallest absolute Gasteiger partial charge is 0.315 e. The minimum absolute atomic E-state index is 0.0395. The molecule has 3 aliphatic carbocycles. The van der Waals surface area contributed by atoms with Gasteiger partial charge in [0, 0.05) is 19.0 Å². The van der Waals surface area contributed by atoms with E-state index in [0.29, 0.717) is 25.8 Å². The maximum absolute atomic E-state index is 13.7. The molecule has 13 heteroatoms. The molecule has 1 saturated heterocycles. The Morgan fingerprint density at radius 3 is 2.27 bits per heavy atom. The first kappa shape index (κ1) is 34.6. The molecule has 0 aromatic rings. The molecular weight excluding hydrogens is 598 g/mol. The summed E-state index contributed by atoms with van der Waals surface area (Å²) in [5.41, 5.74) is -0.923. The van der Waals surface area contributed by atoms with Crippen LogP contribution >= 0.6 is 0 Å². The van der Waals surface area contributed by atoms with Crippen molar-refractivity contribution in [3.05, 3.63) is 25.3 Å². The number of nitrogens with zero attached hydrogens (tertiary/aromatic N) is 1. The van der Waals surface area contributed by atoms with Crippen LogP contribution in [0, 0.1) is 23.7 Å². The zero-order valence-corrected chi connectivity index (χ0v) is 27.5. The molecule has 5 amide bonds. The van der Waals surface area contributed by atoms with Gasteiger partial charge in [-0.2, -0.15) is 0 Å². The Morgan fingerprint density at radius 1 is 1.02 bits per heavy atom. The van der Waals surface area contributed by atoms with Crippen molar-refractivity contribution in [1.29, 1.82) is 0 Å². The predicted molar refractivity (Wildman–Crippen MR) is 170 cm³/mol. The van der Waals surface area contributed by atoms with Crippen LogP contribution in [0.4, 0.5) is 4.79 Å². The highest BCUT2D eigenvalue weighted by Gasteiger charge is 2.63. The van der Waals surface area contributed by atoms with Crippen molar-refractivity contribution in [2.45, 2.75) is 94.5 Å². The second kappa shape index (κ2) is 13.6. The number of nitrogens with one attached hydrogen (secondary N) is 4. The Kier molecular flexibility index (Phi) is 10.5. The molecule has 45 heavy (non-hydrogen) atoms. The highest BCUT2D eigenvalue weighted by atomic mass is 32.2. The van der Waals surface area contributed by atoms with Crippen LogP contribution in [-0.4, -0.2) is 90.6 Å². The third-order valence-electron chi connectivity index (χ3n) is 9.78. The van der Waals surface area contributed by atoms with E-state index in [-0.39, 0.29) is 42.5 Å². The average Bonchev–Trinajstić information content (AvgIpc) is 3.89. The van der Waals surface area contributed by atoms with Crippen LogP contribution in [0.25, 0.3) is 0 Å². The second-order valence-corrected chi connectivity index (χ2v) is 16.9. The predicted octanol–water partition coefficient (Wildman–Crippen LogP) is 1.62. The molecule has 4 N–H and O–H groups in total. The Balaban J connectivity index is 1.41. The van der Waals surface area contributed by atoms with E-state index in [1.54, 1.807) is 26.8 Å². The van der Waals surface area contributed by atoms with Gasteiger partial charge in [-0.25, -0.2) is 13.2 Å². The standard InChI is InChI=1S/C32H49N5O7S/c1-6-15-33-29(41)27(39)23(16-20-11-12-20)35-28(40)26-25-21(7-2)22(25)18-37(26)24(38)17-34-30(42)36-32(13-9-8-10-14-32)19-45(43,44)31(3,4)5/h6-7,20-23,25-26H,1-2,8-19H2,3-5H3,(H,33,41)(H,35,40)(H2,34,36,42)/t21-,22?,23?,25?,26-/m0/s1. The number of ketones is 1. The van der Waals surface area contributed by atoms with Gasteiger partial charge in [0.25, 0.3) is 5.91 Å². The van der Waals surface area contributed by atoms with Gasteiger partial charge >= 0.3 is 6.03 Å². The van der Waals surface area contributed by atoms with E-state index >= 15 is 0 Å². The van der Waals surface area contributed by atoms with Crippen molar-refractivity contribution in [2.75, 3.05) is 25.4 Å². The number of carbonyl (C=O) groups excluding carboxylic acids is 5. The van der Waals surface area contributed by atoms with Gasteiger partial charge in [-0.1, -0.05) is 44.3 Å². The van der Waals surface area contributed by atoms with Crippen LogP contribution in [0.5, 0.6) is 0 Å². The number of hydrogen-bond donors (Lipinski definition) is 4. The van der Waals surface area contributed by atoms with Gasteiger partial charge < -0.3 is 26.2 Å². The van der Waals surface area contributed by atoms with Gasteiger partial charge in [0.1, 0.15) is 6.04 Å². The number of allylic oxidation sites excluding steroid dienone is 1. The minimum atomic E-state index is -3.53. The molecular formula is C32H49N5O7S. The van der Waals surface area contributed by atoms with Crippen molar-refractivity contribution in [3.8, 4) is 0 Å². The minimum Gasteiger partial charge on any atom is -0.346 e. The lowest BCUT2D eigenvalue weighted by molar-refractivity contribution is -0.142. The Hall–Kier alpha value is -3.22. The van der Waals surface area contributed by atoms with Crippen LogP contribution < -0.4 is 21.3 Å². The van der Waals surface area contributed by atoms with Gasteiger partial charge in [-0.3, -0.25) is 19.2 Å². The van der Waals surface area contributed by atoms with Gasteiger partial charge in [0.2, 0.25) is 17.6 Å². The summed E-state index contributed by atoms with van der Waals surface area (Å²) in [7, 11) is -3.53. The van der Waals surface area contributed by atoms with Crippen LogP contribution in [0.15, 0.2) is 25.3 Å². The Morgan fingerprint density at radius 2 is 1.69 bits per heavy atom. The summed E-state index contributed by atoms with van der Waals surface area (Å²) in [6.07, 6.45) is 9.00. The number of Topliss-reactive ketones (excluding diaryl/α,β-unsaturated/α-hetero) is 1. The number of amides is 5. The second-order valence-electron chi connectivity index (χ2n) is 14.2.